The summed E-state index contributed by atoms with van der Waals surface area (Å²) in [5.41, 5.74) is 1.27. The molecule has 1 aromatic rings. The van der Waals surface area contributed by atoms with Crippen molar-refractivity contribution in [2.45, 2.75) is 87.1 Å². The molecule has 142 valence electrons. The molecule has 0 bridgehead atoms. The number of anilines is 1. The number of carbonyl (C=O) groups is 1. The summed E-state index contributed by atoms with van der Waals surface area (Å²) in [5, 5.41) is 13.0. The van der Waals surface area contributed by atoms with Crippen molar-refractivity contribution in [3.63, 3.8) is 0 Å². The molecule has 1 heterocycles. The molecule has 0 radical (unpaired) electrons. The SMILES string of the molecule is O=C(CSc1nnc(NC2CCCCC2)s1)N(C1=CCCCC1)C1CC1. The number of carbonyl (C=O) groups excluding carboxylic acids is 1. The van der Waals surface area contributed by atoms with Crippen molar-refractivity contribution in [3.8, 4) is 0 Å². The molecule has 3 aliphatic carbocycles. The van der Waals surface area contributed by atoms with Gasteiger partial charge in [-0.2, -0.15) is 0 Å². The van der Waals surface area contributed by atoms with Crippen LogP contribution in [0.2, 0.25) is 0 Å². The molecule has 0 spiro atoms. The number of hydrogen-bond donors (Lipinski definition) is 1. The van der Waals surface area contributed by atoms with Crippen LogP contribution in [0.1, 0.15) is 70.6 Å². The van der Waals surface area contributed by atoms with E-state index in [9.17, 15) is 4.79 Å². The van der Waals surface area contributed by atoms with Gasteiger partial charge in [0.05, 0.1) is 5.75 Å². The predicted molar refractivity (Wildman–Crippen MR) is 108 cm³/mol. The molecule has 2 saturated carbocycles. The molecule has 1 amide bonds. The fourth-order valence-corrected chi connectivity index (χ4v) is 5.60. The number of amides is 1. The minimum Gasteiger partial charge on any atom is -0.357 e. The zero-order chi connectivity index (χ0) is 17.8. The van der Waals surface area contributed by atoms with Crippen LogP contribution in [0.15, 0.2) is 16.1 Å². The molecule has 1 aromatic heterocycles. The van der Waals surface area contributed by atoms with Crippen LogP contribution in [-0.2, 0) is 4.79 Å². The zero-order valence-electron chi connectivity index (χ0n) is 15.3. The lowest BCUT2D eigenvalue weighted by Gasteiger charge is -2.27. The van der Waals surface area contributed by atoms with Gasteiger partial charge in [-0.05, 0) is 51.4 Å². The molecule has 7 heteroatoms. The first-order valence-electron chi connectivity index (χ1n) is 10.0. The maximum Gasteiger partial charge on any atom is 0.237 e. The Morgan fingerprint density at radius 2 is 2.00 bits per heavy atom. The van der Waals surface area contributed by atoms with Crippen molar-refractivity contribution in [2.24, 2.45) is 0 Å². The van der Waals surface area contributed by atoms with Gasteiger partial charge in [-0.15, -0.1) is 10.2 Å². The zero-order valence-corrected chi connectivity index (χ0v) is 16.9. The van der Waals surface area contributed by atoms with E-state index in [0.717, 1.165) is 35.2 Å². The van der Waals surface area contributed by atoms with Gasteiger partial charge in [-0.25, -0.2) is 0 Å². The normalized spacial score (nSPS) is 21.3. The maximum absolute atomic E-state index is 12.8. The van der Waals surface area contributed by atoms with E-state index in [0.29, 0.717) is 17.8 Å². The van der Waals surface area contributed by atoms with Crippen LogP contribution in [-0.4, -0.2) is 38.8 Å². The minimum absolute atomic E-state index is 0.239. The van der Waals surface area contributed by atoms with Crippen LogP contribution in [0, 0.1) is 0 Å². The van der Waals surface area contributed by atoms with Crippen molar-refractivity contribution in [1.82, 2.24) is 15.1 Å². The summed E-state index contributed by atoms with van der Waals surface area (Å²) < 4.78 is 0.894. The second kappa shape index (κ2) is 8.74. The number of nitrogens with zero attached hydrogens (tertiary/aromatic N) is 3. The Hall–Kier alpha value is -1.08. The quantitative estimate of drug-likeness (QED) is 0.674. The number of thioether (sulfide) groups is 1. The molecule has 26 heavy (non-hydrogen) atoms. The van der Waals surface area contributed by atoms with Crippen LogP contribution in [0.4, 0.5) is 5.13 Å². The third kappa shape index (κ3) is 4.80. The van der Waals surface area contributed by atoms with Crippen LogP contribution >= 0.6 is 23.1 Å². The van der Waals surface area contributed by atoms with E-state index in [-0.39, 0.29) is 5.91 Å². The van der Waals surface area contributed by atoms with Gasteiger partial charge in [-0.3, -0.25) is 4.79 Å². The standard InChI is InChI=1S/C19H28N4OS2/c24-17(23(16-11-12-16)15-9-5-2-6-10-15)13-25-19-22-21-18(26-19)20-14-7-3-1-4-8-14/h9,14,16H,1-8,10-13H2,(H,20,21). The van der Waals surface area contributed by atoms with Gasteiger partial charge in [0, 0.05) is 17.8 Å². The average Bonchev–Trinajstić information content (AvgIpc) is 3.41. The molecule has 4 rings (SSSR count). The van der Waals surface area contributed by atoms with Gasteiger partial charge in [-0.1, -0.05) is 48.4 Å². The van der Waals surface area contributed by atoms with Crippen molar-refractivity contribution in [3.05, 3.63) is 11.8 Å². The molecule has 1 N–H and O–H groups in total. The molecule has 0 aromatic carbocycles. The topological polar surface area (TPSA) is 58.1 Å². The summed E-state index contributed by atoms with van der Waals surface area (Å²) in [6, 6.07) is 0.991. The molecule has 0 aliphatic heterocycles. The Balaban J connectivity index is 1.30. The minimum atomic E-state index is 0.239. The maximum atomic E-state index is 12.8. The van der Waals surface area contributed by atoms with E-state index >= 15 is 0 Å². The van der Waals surface area contributed by atoms with E-state index in [4.69, 9.17) is 0 Å². The smallest absolute Gasteiger partial charge is 0.237 e. The fraction of sp³-hybridized carbons (Fsp3) is 0.737. The molecule has 0 saturated heterocycles. The van der Waals surface area contributed by atoms with Crippen LogP contribution in [0.25, 0.3) is 0 Å². The Bertz CT molecular complexity index is 650. The number of allylic oxidation sites excluding steroid dienone is 2. The van der Waals surface area contributed by atoms with Gasteiger partial charge < -0.3 is 10.2 Å². The summed E-state index contributed by atoms with van der Waals surface area (Å²) in [6.07, 6.45) is 15.6. The van der Waals surface area contributed by atoms with E-state index < -0.39 is 0 Å². The number of nitrogens with one attached hydrogen (secondary N) is 1. The fourth-order valence-electron chi connectivity index (χ4n) is 3.91. The second-order valence-corrected chi connectivity index (χ2v) is 9.78. The largest absolute Gasteiger partial charge is 0.357 e. The van der Waals surface area contributed by atoms with E-state index in [2.05, 4.69) is 26.5 Å². The van der Waals surface area contributed by atoms with Crippen LogP contribution < -0.4 is 5.32 Å². The highest BCUT2D eigenvalue weighted by Crippen LogP contribution is 2.35. The number of rotatable bonds is 7. The van der Waals surface area contributed by atoms with E-state index in [1.54, 1.807) is 11.3 Å². The third-order valence-corrected chi connectivity index (χ3v) is 7.39. The van der Waals surface area contributed by atoms with Crippen molar-refractivity contribution in [2.75, 3.05) is 11.1 Å². The van der Waals surface area contributed by atoms with Gasteiger partial charge in [0.25, 0.3) is 0 Å². The van der Waals surface area contributed by atoms with Crippen LogP contribution in [0.3, 0.4) is 0 Å². The highest BCUT2D eigenvalue weighted by atomic mass is 32.2. The molecular weight excluding hydrogens is 364 g/mol. The van der Waals surface area contributed by atoms with Crippen LogP contribution in [0.5, 0.6) is 0 Å². The van der Waals surface area contributed by atoms with Crippen molar-refractivity contribution >= 4 is 34.1 Å². The highest BCUT2D eigenvalue weighted by Gasteiger charge is 2.35. The number of aromatic nitrogens is 2. The first-order valence-corrected chi connectivity index (χ1v) is 11.8. The van der Waals surface area contributed by atoms with Crippen molar-refractivity contribution in [1.29, 1.82) is 0 Å². The molecule has 2 fully saturated rings. The van der Waals surface area contributed by atoms with Gasteiger partial charge in [0.2, 0.25) is 11.0 Å². The Morgan fingerprint density at radius 3 is 2.73 bits per heavy atom. The Labute approximate surface area is 164 Å². The molecule has 3 aliphatic rings. The number of hydrogen-bond acceptors (Lipinski definition) is 6. The van der Waals surface area contributed by atoms with Crippen molar-refractivity contribution < 1.29 is 4.79 Å². The monoisotopic (exact) mass is 392 g/mol. The first-order chi connectivity index (χ1) is 12.8. The molecular formula is C19H28N4OS2. The summed E-state index contributed by atoms with van der Waals surface area (Å²) in [4.78, 5) is 14.9. The van der Waals surface area contributed by atoms with Gasteiger partial charge >= 0.3 is 0 Å². The highest BCUT2D eigenvalue weighted by molar-refractivity contribution is 8.01. The van der Waals surface area contributed by atoms with Gasteiger partial charge in [0.1, 0.15) is 0 Å². The second-order valence-electron chi connectivity index (χ2n) is 7.58. The third-order valence-electron chi connectivity index (χ3n) is 5.42. The lowest BCUT2D eigenvalue weighted by Crippen LogP contribution is -2.34. The molecule has 5 nitrogen and oxygen atoms in total. The molecule has 0 atom stereocenters. The summed E-state index contributed by atoms with van der Waals surface area (Å²) in [5.74, 6) is 0.703. The predicted octanol–water partition coefficient (Wildman–Crippen LogP) is 4.82. The lowest BCUT2D eigenvalue weighted by atomic mass is 9.96. The lowest BCUT2D eigenvalue weighted by molar-refractivity contribution is -0.127. The summed E-state index contributed by atoms with van der Waals surface area (Å²) >= 11 is 3.12. The average molecular weight is 393 g/mol. The summed E-state index contributed by atoms with van der Waals surface area (Å²) in [7, 11) is 0. The Morgan fingerprint density at radius 1 is 1.15 bits per heavy atom. The van der Waals surface area contributed by atoms with E-state index in [1.165, 1.54) is 62.4 Å². The summed E-state index contributed by atoms with van der Waals surface area (Å²) in [6.45, 7) is 0. The van der Waals surface area contributed by atoms with Gasteiger partial charge in [0.15, 0.2) is 4.34 Å². The molecule has 0 unspecified atom stereocenters. The van der Waals surface area contributed by atoms with E-state index in [1.807, 2.05) is 0 Å². The Kier molecular flexibility index (Phi) is 6.15. The first kappa shape index (κ1) is 18.3.